The number of nitrogens with zero attached hydrogens (tertiary/aromatic N) is 4. The maximum Gasteiger partial charge on any atom is 0.331 e. The Morgan fingerprint density at radius 1 is 1.24 bits per heavy atom. The minimum Gasteiger partial charge on any atom is -0.449 e. The van der Waals surface area contributed by atoms with Crippen LogP contribution in [0.5, 0.6) is 0 Å². The molecule has 0 aliphatic rings. The van der Waals surface area contributed by atoms with Crippen LogP contribution in [0, 0.1) is 24.1 Å². The molecule has 0 saturated heterocycles. The van der Waals surface area contributed by atoms with Gasteiger partial charge < -0.3 is 9.64 Å². The molecule has 0 unspecified atom stereocenters. The van der Waals surface area contributed by atoms with Crippen molar-refractivity contribution in [2.75, 3.05) is 11.4 Å². The summed E-state index contributed by atoms with van der Waals surface area (Å²) < 4.78 is 19.9. The molecule has 0 aliphatic carbocycles. The van der Waals surface area contributed by atoms with Gasteiger partial charge in [-0.25, -0.2) is 13.9 Å². The Balaban J connectivity index is 1.71. The molecule has 3 rings (SSSR count). The average molecular weight is 481 g/mol. The second-order valence-electron chi connectivity index (χ2n) is 7.32. The van der Waals surface area contributed by atoms with Crippen LogP contribution in [0.2, 0.25) is 5.15 Å². The summed E-state index contributed by atoms with van der Waals surface area (Å²) in [7, 11) is 0. The van der Waals surface area contributed by atoms with Gasteiger partial charge in [0.05, 0.1) is 23.9 Å². The number of para-hydroxylation sites is 1. The fourth-order valence-electron chi connectivity index (χ4n) is 3.22. The van der Waals surface area contributed by atoms with Crippen LogP contribution >= 0.6 is 11.6 Å². The summed E-state index contributed by atoms with van der Waals surface area (Å²) >= 11 is 6.42. The largest absolute Gasteiger partial charge is 0.449 e. The fourth-order valence-corrected chi connectivity index (χ4v) is 3.56. The van der Waals surface area contributed by atoms with Crippen LogP contribution in [0.1, 0.15) is 24.6 Å². The van der Waals surface area contributed by atoms with E-state index in [1.807, 2.05) is 12.1 Å². The molecule has 0 N–H and O–H groups in total. The molecule has 0 radical (unpaired) electrons. The first kappa shape index (κ1) is 24.7. The van der Waals surface area contributed by atoms with Gasteiger partial charge in [-0.2, -0.15) is 10.4 Å². The van der Waals surface area contributed by atoms with Crippen LogP contribution < -0.4 is 4.90 Å². The molecule has 0 aliphatic heterocycles. The van der Waals surface area contributed by atoms with Crippen LogP contribution in [0.4, 0.5) is 10.1 Å². The molecular formula is C25H22ClFN4O3. The number of carbonyl (C=O) groups excluding carboxylic acids is 2. The van der Waals surface area contributed by atoms with E-state index in [0.29, 0.717) is 22.6 Å². The van der Waals surface area contributed by atoms with E-state index in [2.05, 4.69) is 5.10 Å². The minimum absolute atomic E-state index is 0.136. The maximum atomic E-state index is 13.2. The molecule has 0 bridgehead atoms. The molecule has 1 atom stereocenters. The predicted octanol–water partition coefficient (Wildman–Crippen LogP) is 4.87. The normalized spacial score (nSPS) is 11.7. The van der Waals surface area contributed by atoms with Crippen LogP contribution in [0.3, 0.4) is 0 Å². The van der Waals surface area contributed by atoms with Gasteiger partial charge in [-0.15, -0.1) is 0 Å². The molecule has 174 valence electrons. The van der Waals surface area contributed by atoms with Crippen LogP contribution in [-0.4, -0.2) is 34.3 Å². The van der Waals surface area contributed by atoms with Crippen LogP contribution in [-0.2, 0) is 14.3 Å². The lowest BCUT2D eigenvalue weighted by Crippen LogP contribution is -2.40. The summed E-state index contributed by atoms with van der Waals surface area (Å²) in [6.45, 7) is 3.37. The van der Waals surface area contributed by atoms with Crippen LogP contribution in [0.25, 0.3) is 11.8 Å². The number of nitriles is 1. The summed E-state index contributed by atoms with van der Waals surface area (Å²) in [6.07, 6.45) is 1.68. The number of ether oxygens (including phenoxy) is 1. The molecule has 2 aromatic carbocycles. The van der Waals surface area contributed by atoms with Gasteiger partial charge in [0.15, 0.2) is 6.10 Å². The van der Waals surface area contributed by atoms with Gasteiger partial charge in [0.1, 0.15) is 11.0 Å². The number of aryl methyl sites for hydroxylation is 1. The molecule has 7 nitrogen and oxygen atoms in total. The SMILES string of the molecule is Cc1nn(-c2ccc(F)cc2)c(Cl)c1/C=C/C(=O)O[C@H](C)C(=O)N(CCC#N)c1ccccc1. The van der Waals surface area contributed by atoms with Gasteiger partial charge in [-0.1, -0.05) is 29.8 Å². The number of rotatable bonds is 8. The Morgan fingerprint density at radius 2 is 1.91 bits per heavy atom. The third-order valence-corrected chi connectivity index (χ3v) is 5.29. The molecule has 0 spiro atoms. The quantitative estimate of drug-likeness (QED) is 0.339. The van der Waals surface area contributed by atoms with E-state index in [4.69, 9.17) is 21.6 Å². The molecule has 1 amide bonds. The van der Waals surface area contributed by atoms with Gasteiger partial charge in [-0.3, -0.25) is 4.79 Å². The number of hydrogen-bond acceptors (Lipinski definition) is 5. The molecule has 1 aromatic heterocycles. The topological polar surface area (TPSA) is 88.2 Å². The molecule has 0 saturated carbocycles. The van der Waals surface area contributed by atoms with Gasteiger partial charge in [0.2, 0.25) is 0 Å². The van der Waals surface area contributed by atoms with Crippen molar-refractivity contribution in [3.8, 4) is 11.8 Å². The second kappa shape index (κ2) is 11.3. The molecule has 0 fully saturated rings. The molecular weight excluding hydrogens is 459 g/mol. The summed E-state index contributed by atoms with van der Waals surface area (Å²) in [5.41, 5.74) is 2.21. The van der Waals surface area contributed by atoms with Crippen molar-refractivity contribution in [1.29, 1.82) is 5.26 Å². The van der Waals surface area contributed by atoms with E-state index in [9.17, 15) is 14.0 Å². The number of esters is 1. The van der Waals surface area contributed by atoms with Crippen molar-refractivity contribution in [2.24, 2.45) is 0 Å². The highest BCUT2D eigenvalue weighted by Crippen LogP contribution is 2.25. The highest BCUT2D eigenvalue weighted by atomic mass is 35.5. The van der Waals surface area contributed by atoms with E-state index in [1.165, 1.54) is 46.8 Å². The third-order valence-electron chi connectivity index (χ3n) is 4.93. The third kappa shape index (κ3) is 5.88. The maximum absolute atomic E-state index is 13.2. The Hall–Kier alpha value is -3.96. The molecule has 34 heavy (non-hydrogen) atoms. The van der Waals surface area contributed by atoms with Gasteiger partial charge in [0, 0.05) is 23.9 Å². The van der Waals surface area contributed by atoms with Gasteiger partial charge >= 0.3 is 5.97 Å². The lowest BCUT2D eigenvalue weighted by molar-refractivity contribution is -0.149. The second-order valence-corrected chi connectivity index (χ2v) is 7.68. The summed E-state index contributed by atoms with van der Waals surface area (Å²) in [4.78, 5) is 26.7. The van der Waals surface area contributed by atoms with Crippen molar-refractivity contribution in [3.05, 3.63) is 82.9 Å². The van der Waals surface area contributed by atoms with Gasteiger partial charge in [-0.05, 0) is 56.3 Å². The zero-order chi connectivity index (χ0) is 24.7. The van der Waals surface area contributed by atoms with Crippen LogP contribution in [0.15, 0.2) is 60.7 Å². The molecule has 9 heteroatoms. The number of anilines is 1. The average Bonchev–Trinajstić information content (AvgIpc) is 3.12. The predicted molar refractivity (Wildman–Crippen MR) is 127 cm³/mol. The zero-order valence-corrected chi connectivity index (χ0v) is 19.4. The Labute approximate surface area is 201 Å². The number of aromatic nitrogens is 2. The van der Waals surface area contributed by atoms with E-state index in [1.54, 1.807) is 31.2 Å². The number of benzene rings is 2. The summed E-state index contributed by atoms with van der Waals surface area (Å²) in [5.74, 6) is -1.56. The summed E-state index contributed by atoms with van der Waals surface area (Å²) in [6, 6.07) is 16.5. The van der Waals surface area contributed by atoms with Crippen molar-refractivity contribution in [2.45, 2.75) is 26.4 Å². The first-order valence-corrected chi connectivity index (χ1v) is 10.8. The lowest BCUT2D eigenvalue weighted by atomic mass is 10.2. The zero-order valence-electron chi connectivity index (χ0n) is 18.6. The van der Waals surface area contributed by atoms with E-state index < -0.39 is 18.0 Å². The Kier molecular flexibility index (Phi) is 8.17. The monoisotopic (exact) mass is 480 g/mol. The van der Waals surface area contributed by atoms with Crippen molar-refractivity contribution >= 4 is 35.2 Å². The highest BCUT2D eigenvalue weighted by molar-refractivity contribution is 6.31. The number of amides is 1. The number of carbonyl (C=O) groups is 2. The molecule has 1 heterocycles. The van der Waals surface area contributed by atoms with E-state index in [-0.39, 0.29) is 23.9 Å². The standard InChI is InChI=1S/C25H22ClFN4O3/c1-17-22(24(26)31(29-17)21-11-9-19(27)10-12-21)13-14-23(32)34-18(2)25(33)30(16-6-15-28)20-7-4-3-5-8-20/h3-5,7-14,18H,6,16H2,1-2H3/b14-13+/t18-/m1/s1. The van der Waals surface area contributed by atoms with E-state index >= 15 is 0 Å². The minimum atomic E-state index is -1.07. The Bertz CT molecular complexity index is 1230. The number of halogens is 2. The molecule has 3 aromatic rings. The first-order chi connectivity index (χ1) is 16.3. The first-order valence-electron chi connectivity index (χ1n) is 10.4. The lowest BCUT2D eigenvalue weighted by Gasteiger charge is -2.24. The fraction of sp³-hybridized carbons (Fsp3) is 0.200. The van der Waals surface area contributed by atoms with Crippen molar-refractivity contribution in [1.82, 2.24) is 9.78 Å². The van der Waals surface area contributed by atoms with Gasteiger partial charge in [0.25, 0.3) is 5.91 Å². The van der Waals surface area contributed by atoms with E-state index in [0.717, 1.165) is 6.08 Å². The highest BCUT2D eigenvalue weighted by Gasteiger charge is 2.24. The summed E-state index contributed by atoms with van der Waals surface area (Å²) in [5, 5.41) is 13.5. The smallest absolute Gasteiger partial charge is 0.331 e. The number of hydrogen-bond donors (Lipinski definition) is 0. The van der Waals surface area contributed by atoms with Crippen molar-refractivity contribution in [3.63, 3.8) is 0 Å². The van der Waals surface area contributed by atoms with Crippen molar-refractivity contribution < 1.29 is 18.7 Å². The Morgan fingerprint density at radius 3 is 2.56 bits per heavy atom.